The van der Waals surface area contributed by atoms with Crippen molar-refractivity contribution in [3.8, 4) is 5.75 Å². The molecule has 2 rings (SSSR count). The predicted molar refractivity (Wildman–Crippen MR) is 76.0 cm³/mol. The maximum absolute atomic E-state index is 5.94. The highest BCUT2D eigenvalue weighted by Gasteiger charge is 2.03. The summed E-state index contributed by atoms with van der Waals surface area (Å²) in [5, 5.41) is 3.64. The molecule has 0 aliphatic carbocycles. The molecule has 0 bridgehead atoms. The van der Waals surface area contributed by atoms with Gasteiger partial charge in [0.25, 0.3) is 0 Å². The Hall–Kier alpha value is -1.08. The van der Waals surface area contributed by atoms with E-state index in [1.165, 1.54) is 0 Å². The second-order valence-corrected chi connectivity index (χ2v) is 4.85. The third-order valence-corrected chi connectivity index (χ3v) is 2.90. The van der Waals surface area contributed by atoms with Gasteiger partial charge in [-0.15, -0.1) is 0 Å². The fraction of sp³-hybridized carbons (Fsp3) is 0.0909. The number of benzene rings is 1. The molecule has 6 heteroatoms. The molecule has 0 aliphatic heterocycles. The second-order valence-electron chi connectivity index (χ2n) is 3.20. The van der Waals surface area contributed by atoms with Crippen LogP contribution in [-0.2, 0) is 0 Å². The van der Waals surface area contributed by atoms with E-state index in [9.17, 15) is 0 Å². The summed E-state index contributed by atoms with van der Waals surface area (Å²) in [6.45, 7) is 0. The van der Waals surface area contributed by atoms with Crippen molar-refractivity contribution < 1.29 is 4.74 Å². The number of nitrogens with zero attached hydrogens (tertiary/aromatic N) is 2. The molecule has 0 spiro atoms. The predicted octanol–water partition coefficient (Wildman–Crippen LogP) is 3.49. The zero-order valence-electron chi connectivity index (χ0n) is 8.95. The third-order valence-electron chi connectivity index (χ3n) is 2.03. The Morgan fingerprint density at radius 1 is 1.29 bits per heavy atom. The van der Waals surface area contributed by atoms with Crippen LogP contribution in [0, 0.1) is 3.57 Å². The monoisotopic (exact) mass is 361 g/mol. The topological polar surface area (TPSA) is 47.0 Å². The van der Waals surface area contributed by atoms with Crippen LogP contribution in [0.1, 0.15) is 0 Å². The number of rotatable bonds is 3. The minimum absolute atomic E-state index is 0.537. The number of anilines is 2. The Morgan fingerprint density at radius 3 is 2.65 bits per heavy atom. The summed E-state index contributed by atoms with van der Waals surface area (Å²) in [5.74, 6) is 1.15. The Balaban J connectivity index is 2.21. The van der Waals surface area contributed by atoms with Gasteiger partial charge < -0.3 is 10.1 Å². The lowest BCUT2D eigenvalue weighted by Crippen LogP contribution is -1.97. The zero-order valence-corrected chi connectivity index (χ0v) is 11.9. The van der Waals surface area contributed by atoms with Crippen molar-refractivity contribution in [3.05, 3.63) is 39.2 Å². The molecule has 0 unspecified atom stereocenters. The van der Waals surface area contributed by atoms with Crippen molar-refractivity contribution in [3.63, 3.8) is 0 Å². The second kappa shape index (κ2) is 5.50. The summed E-state index contributed by atoms with van der Waals surface area (Å²) >= 11 is 8.09. The SMILES string of the molecule is COc1cc(Nc2ncc(I)cn2)ccc1Cl. The fourth-order valence-electron chi connectivity index (χ4n) is 1.24. The lowest BCUT2D eigenvalue weighted by molar-refractivity contribution is 0.415. The van der Waals surface area contributed by atoms with Crippen LogP contribution in [0.25, 0.3) is 0 Å². The summed E-state index contributed by atoms with van der Waals surface area (Å²) < 4.78 is 6.12. The molecule has 0 fully saturated rings. The first-order valence-corrected chi connectivity index (χ1v) is 6.23. The number of hydrogen-bond acceptors (Lipinski definition) is 4. The Morgan fingerprint density at radius 2 is 2.00 bits per heavy atom. The van der Waals surface area contributed by atoms with Gasteiger partial charge in [-0.05, 0) is 34.7 Å². The Bertz CT molecular complexity index is 519. The average molecular weight is 362 g/mol. The van der Waals surface area contributed by atoms with E-state index in [4.69, 9.17) is 16.3 Å². The number of ether oxygens (including phenoxy) is 1. The van der Waals surface area contributed by atoms with Crippen molar-refractivity contribution in [2.45, 2.75) is 0 Å². The molecule has 1 heterocycles. The molecule has 0 radical (unpaired) electrons. The van der Waals surface area contributed by atoms with Gasteiger partial charge in [-0.25, -0.2) is 9.97 Å². The molecule has 0 saturated carbocycles. The number of methoxy groups -OCH3 is 1. The van der Waals surface area contributed by atoms with E-state index in [1.54, 1.807) is 31.6 Å². The van der Waals surface area contributed by atoms with Gasteiger partial charge >= 0.3 is 0 Å². The first-order chi connectivity index (χ1) is 8.19. The van der Waals surface area contributed by atoms with Crippen LogP contribution in [0.15, 0.2) is 30.6 Å². The van der Waals surface area contributed by atoms with Crippen molar-refractivity contribution >= 4 is 45.8 Å². The van der Waals surface area contributed by atoms with Crippen LogP contribution in [0.2, 0.25) is 5.02 Å². The average Bonchev–Trinajstić information content (AvgIpc) is 2.34. The van der Waals surface area contributed by atoms with Crippen molar-refractivity contribution in [1.29, 1.82) is 0 Å². The summed E-state index contributed by atoms with van der Waals surface area (Å²) in [6.07, 6.45) is 3.48. The number of hydrogen-bond donors (Lipinski definition) is 1. The standard InChI is InChI=1S/C11H9ClIN3O/c1-17-10-4-8(2-3-9(10)12)16-11-14-5-7(13)6-15-11/h2-6H,1H3,(H,14,15,16). The van der Waals surface area contributed by atoms with E-state index in [0.29, 0.717) is 16.7 Å². The van der Waals surface area contributed by atoms with E-state index in [2.05, 4.69) is 37.9 Å². The summed E-state index contributed by atoms with van der Waals surface area (Å²) in [6, 6.07) is 5.39. The smallest absolute Gasteiger partial charge is 0.227 e. The van der Waals surface area contributed by atoms with Crippen LogP contribution in [-0.4, -0.2) is 17.1 Å². The molecule has 1 aromatic carbocycles. The Kier molecular flexibility index (Phi) is 4.01. The number of nitrogens with one attached hydrogen (secondary N) is 1. The van der Waals surface area contributed by atoms with Gasteiger partial charge in [0.1, 0.15) is 5.75 Å². The zero-order chi connectivity index (χ0) is 12.3. The van der Waals surface area contributed by atoms with Gasteiger partial charge in [-0.2, -0.15) is 0 Å². The van der Waals surface area contributed by atoms with Crippen LogP contribution < -0.4 is 10.1 Å². The highest BCUT2D eigenvalue weighted by molar-refractivity contribution is 14.1. The van der Waals surface area contributed by atoms with Crippen LogP contribution in [0.4, 0.5) is 11.6 Å². The normalized spacial score (nSPS) is 10.1. The van der Waals surface area contributed by atoms with Gasteiger partial charge in [-0.3, -0.25) is 0 Å². The van der Waals surface area contributed by atoms with E-state index in [1.807, 2.05) is 6.07 Å². The van der Waals surface area contributed by atoms with Gasteiger partial charge in [0.2, 0.25) is 5.95 Å². The molecule has 2 aromatic rings. The molecule has 1 aromatic heterocycles. The van der Waals surface area contributed by atoms with Gasteiger partial charge in [-0.1, -0.05) is 11.6 Å². The molecular weight excluding hydrogens is 352 g/mol. The quantitative estimate of drug-likeness (QED) is 0.850. The Labute approximate surface area is 118 Å². The highest BCUT2D eigenvalue weighted by atomic mass is 127. The minimum atomic E-state index is 0.537. The van der Waals surface area contributed by atoms with Crippen molar-refractivity contribution in [2.75, 3.05) is 12.4 Å². The molecular formula is C11H9ClIN3O. The summed E-state index contributed by atoms with van der Waals surface area (Å²) in [4.78, 5) is 8.30. The maximum Gasteiger partial charge on any atom is 0.227 e. The third kappa shape index (κ3) is 3.19. The molecule has 0 amide bonds. The molecule has 0 aliphatic rings. The summed E-state index contributed by atoms with van der Waals surface area (Å²) in [5.41, 5.74) is 0.826. The van der Waals surface area contributed by atoms with Crippen molar-refractivity contribution in [2.24, 2.45) is 0 Å². The van der Waals surface area contributed by atoms with E-state index in [-0.39, 0.29) is 0 Å². The minimum Gasteiger partial charge on any atom is -0.495 e. The number of halogens is 2. The highest BCUT2D eigenvalue weighted by Crippen LogP contribution is 2.28. The molecule has 4 nitrogen and oxygen atoms in total. The van der Waals surface area contributed by atoms with Crippen molar-refractivity contribution in [1.82, 2.24) is 9.97 Å². The van der Waals surface area contributed by atoms with Gasteiger partial charge in [0.05, 0.1) is 12.1 Å². The molecule has 0 atom stereocenters. The van der Waals surface area contributed by atoms with Gasteiger partial charge in [0.15, 0.2) is 0 Å². The largest absolute Gasteiger partial charge is 0.495 e. The first kappa shape index (κ1) is 12.4. The maximum atomic E-state index is 5.94. The summed E-state index contributed by atoms with van der Waals surface area (Å²) in [7, 11) is 1.58. The molecule has 1 N–H and O–H groups in total. The lowest BCUT2D eigenvalue weighted by atomic mass is 10.3. The van der Waals surface area contributed by atoms with E-state index in [0.717, 1.165) is 9.26 Å². The number of aromatic nitrogens is 2. The van der Waals surface area contributed by atoms with Gasteiger partial charge in [0, 0.05) is 27.7 Å². The molecule has 0 saturated heterocycles. The van der Waals surface area contributed by atoms with E-state index >= 15 is 0 Å². The van der Waals surface area contributed by atoms with Crippen LogP contribution >= 0.6 is 34.2 Å². The molecule has 88 valence electrons. The van der Waals surface area contributed by atoms with Crippen LogP contribution in [0.5, 0.6) is 5.75 Å². The van der Waals surface area contributed by atoms with Crippen LogP contribution in [0.3, 0.4) is 0 Å². The van der Waals surface area contributed by atoms with E-state index < -0.39 is 0 Å². The molecule has 17 heavy (non-hydrogen) atoms. The first-order valence-electron chi connectivity index (χ1n) is 4.77. The fourth-order valence-corrected chi connectivity index (χ4v) is 1.72. The lowest BCUT2D eigenvalue weighted by Gasteiger charge is -2.07.